The first kappa shape index (κ1) is 17.8. The normalized spacial score (nSPS) is 24.6. The van der Waals surface area contributed by atoms with Gasteiger partial charge in [-0.1, -0.05) is 0 Å². The minimum absolute atomic E-state index is 0.0388. The highest BCUT2D eigenvalue weighted by Crippen LogP contribution is 2.45. The average Bonchev–Trinajstić information content (AvgIpc) is 3.16. The molecule has 2 fully saturated rings. The number of rotatable bonds is 4. The Morgan fingerprint density at radius 2 is 2.12 bits per heavy atom. The van der Waals surface area contributed by atoms with Crippen molar-refractivity contribution in [1.82, 2.24) is 9.21 Å². The van der Waals surface area contributed by atoms with E-state index in [9.17, 15) is 13.2 Å². The second kappa shape index (κ2) is 6.74. The van der Waals surface area contributed by atoms with E-state index < -0.39 is 10.0 Å². The second-order valence-electron chi connectivity index (χ2n) is 6.87. The molecule has 0 radical (unpaired) electrons. The minimum Gasteiger partial charge on any atom is -0.384 e. The van der Waals surface area contributed by atoms with E-state index in [1.807, 2.05) is 21.7 Å². The van der Waals surface area contributed by atoms with Crippen LogP contribution in [0.1, 0.15) is 23.2 Å². The molecule has 8 heteroatoms. The molecule has 134 valence electrons. The molecule has 0 saturated carbocycles. The molecule has 2 aliphatic rings. The van der Waals surface area contributed by atoms with Crippen LogP contribution < -0.4 is 0 Å². The number of thiophene rings is 1. The summed E-state index contributed by atoms with van der Waals surface area (Å²) < 4.78 is 30.5. The molecule has 3 rings (SSSR count). The van der Waals surface area contributed by atoms with E-state index in [0.717, 1.165) is 18.4 Å². The molecular weight excluding hydrogens is 348 g/mol. The number of carbonyl (C=O) groups excluding carboxylic acids is 1. The second-order valence-corrected chi connectivity index (χ2v) is 9.64. The largest absolute Gasteiger partial charge is 0.384 e. The Bertz CT molecular complexity index is 679. The zero-order valence-corrected chi connectivity index (χ0v) is 15.7. The van der Waals surface area contributed by atoms with Crippen molar-refractivity contribution in [3.05, 3.63) is 22.4 Å². The highest BCUT2D eigenvalue weighted by Gasteiger charge is 2.50. The Hall–Kier alpha value is -0.960. The van der Waals surface area contributed by atoms with Crippen LogP contribution in [0.2, 0.25) is 0 Å². The predicted molar refractivity (Wildman–Crippen MR) is 93.7 cm³/mol. The molecule has 0 aliphatic carbocycles. The molecule has 0 bridgehead atoms. The van der Waals surface area contributed by atoms with Gasteiger partial charge < -0.3 is 9.64 Å². The summed E-state index contributed by atoms with van der Waals surface area (Å²) in [5.74, 6) is 0.326. The average molecular weight is 373 g/mol. The van der Waals surface area contributed by atoms with Crippen molar-refractivity contribution in [1.29, 1.82) is 0 Å². The lowest BCUT2D eigenvalue weighted by Crippen LogP contribution is -2.47. The fourth-order valence-corrected chi connectivity index (χ4v) is 5.49. The van der Waals surface area contributed by atoms with Gasteiger partial charge in [-0.15, -0.1) is 0 Å². The van der Waals surface area contributed by atoms with Gasteiger partial charge in [0.15, 0.2) is 0 Å². The first-order valence-electron chi connectivity index (χ1n) is 8.11. The molecule has 1 spiro atoms. The van der Waals surface area contributed by atoms with Gasteiger partial charge >= 0.3 is 0 Å². The maximum absolute atomic E-state index is 12.7. The van der Waals surface area contributed by atoms with Crippen LogP contribution in [0.25, 0.3) is 0 Å². The van der Waals surface area contributed by atoms with Crippen molar-refractivity contribution in [2.24, 2.45) is 11.3 Å². The van der Waals surface area contributed by atoms with Crippen molar-refractivity contribution >= 4 is 27.3 Å². The van der Waals surface area contributed by atoms with Crippen molar-refractivity contribution < 1.29 is 17.9 Å². The first-order chi connectivity index (χ1) is 11.4. The molecule has 6 nitrogen and oxygen atoms in total. The number of nitrogens with zero attached hydrogens (tertiary/aromatic N) is 2. The van der Waals surface area contributed by atoms with E-state index in [4.69, 9.17) is 4.74 Å². The highest BCUT2D eigenvalue weighted by molar-refractivity contribution is 7.88. The van der Waals surface area contributed by atoms with Crippen molar-refractivity contribution in [2.45, 2.75) is 12.8 Å². The van der Waals surface area contributed by atoms with Crippen molar-refractivity contribution in [2.75, 3.05) is 46.2 Å². The van der Waals surface area contributed by atoms with Crippen LogP contribution in [0.15, 0.2) is 16.8 Å². The van der Waals surface area contributed by atoms with E-state index in [2.05, 4.69) is 0 Å². The molecule has 3 heterocycles. The predicted octanol–water partition coefficient (Wildman–Crippen LogP) is 1.51. The van der Waals surface area contributed by atoms with Gasteiger partial charge in [0.25, 0.3) is 5.91 Å². The maximum Gasteiger partial charge on any atom is 0.254 e. The summed E-state index contributed by atoms with van der Waals surface area (Å²) in [6.45, 7) is 3.03. The zero-order valence-electron chi connectivity index (χ0n) is 14.1. The fourth-order valence-electron chi connectivity index (χ4n) is 4.02. The summed E-state index contributed by atoms with van der Waals surface area (Å²) in [5, 5.41) is 3.79. The number of ether oxygens (including phenoxy) is 1. The van der Waals surface area contributed by atoms with E-state index in [-0.39, 0.29) is 17.2 Å². The topological polar surface area (TPSA) is 66.9 Å². The van der Waals surface area contributed by atoms with Gasteiger partial charge in [-0.3, -0.25) is 4.79 Å². The highest BCUT2D eigenvalue weighted by atomic mass is 32.2. The van der Waals surface area contributed by atoms with Gasteiger partial charge in [0, 0.05) is 44.6 Å². The molecule has 24 heavy (non-hydrogen) atoms. The summed E-state index contributed by atoms with van der Waals surface area (Å²) in [6, 6.07) is 1.86. The number of amides is 1. The third kappa shape index (κ3) is 3.37. The van der Waals surface area contributed by atoms with Crippen molar-refractivity contribution in [3.63, 3.8) is 0 Å². The number of hydrogen-bond acceptors (Lipinski definition) is 5. The van der Waals surface area contributed by atoms with Crippen LogP contribution in [0, 0.1) is 11.3 Å². The molecule has 1 aromatic rings. The van der Waals surface area contributed by atoms with Gasteiger partial charge in [-0.05, 0) is 29.7 Å². The van der Waals surface area contributed by atoms with E-state index in [1.165, 1.54) is 17.6 Å². The number of sulfonamides is 1. The first-order valence-corrected chi connectivity index (χ1v) is 10.9. The lowest BCUT2D eigenvalue weighted by atomic mass is 9.71. The standard InChI is InChI=1S/C16H24N2O4S2/c1-22-10-14-9-17(15(19)13-3-8-23-11-13)12-16(14)4-6-18(7-5-16)24(2,20)21/h3,8,11,14H,4-7,9-10,12H2,1-2H3/t14-/m0/s1. The monoisotopic (exact) mass is 372 g/mol. The Labute approximate surface area is 147 Å². The summed E-state index contributed by atoms with van der Waals surface area (Å²) in [5.41, 5.74) is 0.699. The smallest absolute Gasteiger partial charge is 0.254 e. The Morgan fingerprint density at radius 1 is 1.42 bits per heavy atom. The molecule has 1 amide bonds. The summed E-state index contributed by atoms with van der Waals surface area (Å²) in [6.07, 6.45) is 2.82. The third-order valence-electron chi connectivity index (χ3n) is 5.42. The van der Waals surface area contributed by atoms with Crippen LogP contribution in [0.3, 0.4) is 0 Å². The van der Waals surface area contributed by atoms with Gasteiger partial charge in [-0.25, -0.2) is 12.7 Å². The van der Waals surface area contributed by atoms with Crippen LogP contribution in [0.5, 0.6) is 0 Å². The Balaban J connectivity index is 1.76. The zero-order chi connectivity index (χ0) is 17.4. The third-order valence-corrected chi connectivity index (χ3v) is 7.41. The molecule has 0 N–H and O–H groups in total. The lowest BCUT2D eigenvalue weighted by molar-refractivity contribution is 0.0561. The molecular formula is C16H24N2O4S2. The van der Waals surface area contributed by atoms with Crippen LogP contribution in [-0.2, 0) is 14.8 Å². The summed E-state index contributed by atoms with van der Waals surface area (Å²) in [7, 11) is -1.46. The number of methoxy groups -OCH3 is 1. The van der Waals surface area contributed by atoms with Gasteiger partial charge in [0.1, 0.15) is 0 Å². The van der Waals surface area contributed by atoms with Gasteiger partial charge in [-0.2, -0.15) is 11.3 Å². The number of carbonyl (C=O) groups is 1. The van der Waals surface area contributed by atoms with Gasteiger partial charge in [0.05, 0.1) is 18.4 Å². The van der Waals surface area contributed by atoms with E-state index in [0.29, 0.717) is 32.8 Å². The number of likely N-dealkylation sites (tertiary alicyclic amines) is 1. The maximum atomic E-state index is 12.7. The molecule has 0 unspecified atom stereocenters. The molecule has 1 atom stereocenters. The molecule has 1 aromatic heterocycles. The Kier molecular flexibility index (Phi) is 5.01. The minimum atomic E-state index is -3.14. The van der Waals surface area contributed by atoms with Crippen LogP contribution >= 0.6 is 11.3 Å². The molecule has 0 aromatic carbocycles. The fraction of sp³-hybridized carbons (Fsp3) is 0.688. The van der Waals surface area contributed by atoms with Crippen molar-refractivity contribution in [3.8, 4) is 0 Å². The lowest BCUT2D eigenvalue weighted by Gasteiger charge is -2.41. The summed E-state index contributed by atoms with van der Waals surface area (Å²) in [4.78, 5) is 14.6. The number of piperidine rings is 1. The van der Waals surface area contributed by atoms with E-state index in [1.54, 1.807) is 11.4 Å². The SMILES string of the molecule is COC[C@@H]1CN(C(=O)c2ccsc2)CC12CCN(S(C)(=O)=O)CC2. The Morgan fingerprint density at radius 3 is 2.67 bits per heavy atom. The quantitative estimate of drug-likeness (QED) is 0.803. The number of hydrogen-bond donors (Lipinski definition) is 0. The molecule has 2 aliphatic heterocycles. The van der Waals surface area contributed by atoms with E-state index >= 15 is 0 Å². The van der Waals surface area contributed by atoms with Crippen LogP contribution in [-0.4, -0.2) is 69.7 Å². The molecule has 2 saturated heterocycles. The summed E-state index contributed by atoms with van der Waals surface area (Å²) >= 11 is 1.52. The van der Waals surface area contributed by atoms with Gasteiger partial charge in [0.2, 0.25) is 10.0 Å². The van der Waals surface area contributed by atoms with Crippen LogP contribution in [0.4, 0.5) is 0 Å².